The van der Waals surface area contributed by atoms with Crippen molar-refractivity contribution in [2.24, 2.45) is 0 Å². The Balaban J connectivity index is 2.20. The summed E-state index contributed by atoms with van der Waals surface area (Å²) >= 11 is 6.34. The van der Waals surface area contributed by atoms with Gasteiger partial charge in [-0.3, -0.25) is 0 Å². The molecular formula is C16H16ClNO. The van der Waals surface area contributed by atoms with Gasteiger partial charge in [-0.1, -0.05) is 54.1 Å². The van der Waals surface area contributed by atoms with Crippen molar-refractivity contribution in [1.82, 2.24) is 5.32 Å². The van der Waals surface area contributed by atoms with Crippen molar-refractivity contribution in [2.75, 3.05) is 13.6 Å². The smallest absolute Gasteiger partial charge is 0.146 e. The first kappa shape index (κ1) is 13.7. The first-order chi connectivity index (χ1) is 9.31. The molecule has 0 fully saturated rings. The molecule has 2 rings (SSSR count). The molecule has 3 heteroatoms. The van der Waals surface area contributed by atoms with Crippen LogP contribution < -0.4 is 10.1 Å². The fourth-order valence-corrected chi connectivity index (χ4v) is 1.88. The molecule has 2 aromatic rings. The van der Waals surface area contributed by atoms with Crippen LogP contribution in [-0.2, 0) is 0 Å². The lowest BCUT2D eigenvalue weighted by molar-refractivity contribution is 0.483. The minimum Gasteiger partial charge on any atom is -0.456 e. The normalized spacial score (nSPS) is 10.8. The van der Waals surface area contributed by atoms with E-state index in [4.69, 9.17) is 16.3 Å². The summed E-state index contributed by atoms with van der Waals surface area (Å²) in [6, 6.07) is 15.4. The van der Waals surface area contributed by atoms with Crippen LogP contribution in [0.1, 0.15) is 5.56 Å². The first-order valence-electron chi connectivity index (χ1n) is 6.14. The summed E-state index contributed by atoms with van der Waals surface area (Å²) in [5.41, 5.74) is 0.949. The molecule has 0 heterocycles. The van der Waals surface area contributed by atoms with Crippen LogP contribution in [0.2, 0.25) is 5.02 Å². The number of halogens is 1. The highest BCUT2D eigenvalue weighted by atomic mass is 35.5. The Morgan fingerprint density at radius 1 is 1.11 bits per heavy atom. The Bertz CT molecular complexity index is 552. The van der Waals surface area contributed by atoms with Crippen molar-refractivity contribution in [1.29, 1.82) is 0 Å². The Morgan fingerprint density at radius 3 is 2.63 bits per heavy atom. The third-order valence-electron chi connectivity index (χ3n) is 2.58. The van der Waals surface area contributed by atoms with Gasteiger partial charge in [0, 0.05) is 6.54 Å². The average molecular weight is 274 g/mol. The van der Waals surface area contributed by atoms with Gasteiger partial charge >= 0.3 is 0 Å². The quantitative estimate of drug-likeness (QED) is 0.874. The molecule has 0 aromatic heterocycles. The van der Waals surface area contributed by atoms with E-state index in [-0.39, 0.29) is 0 Å². The van der Waals surface area contributed by atoms with Gasteiger partial charge in [0.05, 0.1) is 5.02 Å². The monoisotopic (exact) mass is 273 g/mol. The van der Waals surface area contributed by atoms with Crippen LogP contribution >= 0.6 is 11.6 Å². The number of para-hydroxylation sites is 1. The molecule has 0 unspecified atom stereocenters. The number of hydrogen-bond donors (Lipinski definition) is 1. The number of hydrogen-bond acceptors (Lipinski definition) is 2. The van der Waals surface area contributed by atoms with E-state index in [0.717, 1.165) is 17.9 Å². The zero-order valence-electron chi connectivity index (χ0n) is 10.8. The number of rotatable bonds is 5. The molecule has 2 nitrogen and oxygen atoms in total. The molecule has 0 amide bonds. The van der Waals surface area contributed by atoms with E-state index in [9.17, 15) is 0 Å². The van der Waals surface area contributed by atoms with Crippen LogP contribution in [0.25, 0.3) is 6.08 Å². The highest BCUT2D eigenvalue weighted by molar-refractivity contribution is 6.33. The third-order valence-corrected chi connectivity index (χ3v) is 2.99. The predicted octanol–water partition coefficient (Wildman–Crippen LogP) is 4.36. The molecular weight excluding hydrogens is 258 g/mol. The second kappa shape index (κ2) is 6.98. The standard InChI is InChI=1S/C16H16ClNO/c1-18-12-6-8-13-7-5-11-15(16(13)17)19-14-9-3-2-4-10-14/h2-11,18H,12H2,1H3. The maximum absolute atomic E-state index is 6.34. The van der Waals surface area contributed by atoms with E-state index >= 15 is 0 Å². The van der Waals surface area contributed by atoms with Gasteiger partial charge in [0.15, 0.2) is 0 Å². The van der Waals surface area contributed by atoms with E-state index in [2.05, 4.69) is 5.32 Å². The van der Waals surface area contributed by atoms with Crippen LogP contribution in [0.5, 0.6) is 11.5 Å². The van der Waals surface area contributed by atoms with E-state index in [1.54, 1.807) is 0 Å². The van der Waals surface area contributed by atoms with Crippen LogP contribution in [0.4, 0.5) is 0 Å². The van der Waals surface area contributed by atoms with Gasteiger partial charge < -0.3 is 10.1 Å². The second-order valence-corrected chi connectivity index (χ2v) is 4.41. The molecule has 0 saturated carbocycles. The van der Waals surface area contributed by atoms with Gasteiger partial charge in [-0.2, -0.15) is 0 Å². The highest BCUT2D eigenvalue weighted by Crippen LogP contribution is 2.32. The predicted molar refractivity (Wildman–Crippen MR) is 80.9 cm³/mol. The SMILES string of the molecule is CNCC=Cc1cccc(Oc2ccccc2)c1Cl. The molecule has 0 saturated heterocycles. The molecule has 0 aliphatic carbocycles. The van der Waals surface area contributed by atoms with Crippen molar-refractivity contribution < 1.29 is 4.74 Å². The topological polar surface area (TPSA) is 21.3 Å². The molecule has 0 aliphatic heterocycles. The molecule has 1 N–H and O–H groups in total. The number of benzene rings is 2. The maximum Gasteiger partial charge on any atom is 0.146 e. The molecule has 98 valence electrons. The summed E-state index contributed by atoms with van der Waals surface area (Å²) in [4.78, 5) is 0. The molecule has 0 spiro atoms. The van der Waals surface area contributed by atoms with E-state index in [0.29, 0.717) is 10.8 Å². The Labute approximate surface area is 118 Å². The van der Waals surface area contributed by atoms with Crippen molar-refractivity contribution >= 4 is 17.7 Å². The van der Waals surface area contributed by atoms with Crippen molar-refractivity contribution in [3.05, 3.63) is 65.2 Å². The summed E-state index contributed by atoms with van der Waals surface area (Å²) in [5.74, 6) is 1.44. The lowest BCUT2D eigenvalue weighted by Crippen LogP contribution is -2.03. The minimum atomic E-state index is 0.624. The minimum absolute atomic E-state index is 0.624. The van der Waals surface area contributed by atoms with Gasteiger partial charge in [-0.25, -0.2) is 0 Å². The molecule has 0 atom stereocenters. The summed E-state index contributed by atoms with van der Waals surface area (Å²) in [5, 5.41) is 3.67. The molecule has 0 radical (unpaired) electrons. The van der Waals surface area contributed by atoms with Crippen LogP contribution in [0.15, 0.2) is 54.6 Å². The fraction of sp³-hybridized carbons (Fsp3) is 0.125. The summed E-state index contributed by atoms with van der Waals surface area (Å²) < 4.78 is 5.77. The van der Waals surface area contributed by atoms with Crippen molar-refractivity contribution in [3.8, 4) is 11.5 Å². The molecule has 0 aliphatic rings. The van der Waals surface area contributed by atoms with Crippen LogP contribution in [-0.4, -0.2) is 13.6 Å². The summed E-state index contributed by atoms with van der Waals surface area (Å²) in [6.45, 7) is 0.806. The first-order valence-corrected chi connectivity index (χ1v) is 6.51. The van der Waals surface area contributed by atoms with Gasteiger partial charge in [-0.05, 0) is 30.8 Å². The maximum atomic E-state index is 6.34. The Kier molecular flexibility index (Phi) is 5.01. The highest BCUT2D eigenvalue weighted by Gasteiger charge is 2.05. The lowest BCUT2D eigenvalue weighted by atomic mass is 10.2. The van der Waals surface area contributed by atoms with E-state index < -0.39 is 0 Å². The van der Waals surface area contributed by atoms with Crippen LogP contribution in [0.3, 0.4) is 0 Å². The van der Waals surface area contributed by atoms with Crippen molar-refractivity contribution in [2.45, 2.75) is 0 Å². The fourth-order valence-electron chi connectivity index (χ4n) is 1.65. The summed E-state index contributed by atoms with van der Waals surface area (Å²) in [6.07, 6.45) is 4.00. The number of likely N-dealkylation sites (N-methyl/N-ethyl adjacent to an activating group) is 1. The molecule has 19 heavy (non-hydrogen) atoms. The van der Waals surface area contributed by atoms with Gasteiger partial charge in [0.2, 0.25) is 0 Å². The largest absolute Gasteiger partial charge is 0.456 e. The number of nitrogens with one attached hydrogen (secondary N) is 1. The van der Waals surface area contributed by atoms with Gasteiger partial charge in [-0.15, -0.1) is 0 Å². The van der Waals surface area contributed by atoms with Gasteiger partial charge in [0.1, 0.15) is 11.5 Å². The average Bonchev–Trinajstić information content (AvgIpc) is 2.44. The summed E-state index contributed by atoms with van der Waals surface area (Å²) in [7, 11) is 1.90. The zero-order chi connectivity index (χ0) is 13.5. The van der Waals surface area contributed by atoms with Gasteiger partial charge in [0.25, 0.3) is 0 Å². The zero-order valence-corrected chi connectivity index (χ0v) is 11.5. The van der Waals surface area contributed by atoms with Crippen molar-refractivity contribution in [3.63, 3.8) is 0 Å². The Morgan fingerprint density at radius 2 is 1.89 bits per heavy atom. The lowest BCUT2D eigenvalue weighted by Gasteiger charge is -2.09. The Hall–Kier alpha value is -1.77. The van der Waals surface area contributed by atoms with E-state index in [1.807, 2.05) is 67.7 Å². The number of ether oxygens (including phenoxy) is 1. The van der Waals surface area contributed by atoms with Crippen LogP contribution in [0, 0.1) is 0 Å². The third kappa shape index (κ3) is 3.85. The van der Waals surface area contributed by atoms with E-state index in [1.165, 1.54) is 0 Å². The molecule has 2 aromatic carbocycles. The molecule has 0 bridgehead atoms. The second-order valence-electron chi connectivity index (χ2n) is 4.03.